The van der Waals surface area contributed by atoms with Crippen LogP contribution in [0.1, 0.15) is 12.5 Å². The molecule has 2 atom stereocenters. The molecule has 3 nitrogen and oxygen atoms in total. The number of aryl methyl sites for hydroxylation is 1. The zero-order chi connectivity index (χ0) is 13.1. The highest BCUT2D eigenvalue weighted by Crippen LogP contribution is 2.32. The molecule has 2 unspecified atom stereocenters. The molecule has 18 heavy (non-hydrogen) atoms. The van der Waals surface area contributed by atoms with Gasteiger partial charge < -0.3 is 15.0 Å². The van der Waals surface area contributed by atoms with Crippen molar-refractivity contribution in [2.75, 3.05) is 38.7 Å². The van der Waals surface area contributed by atoms with E-state index in [9.17, 15) is 0 Å². The lowest BCUT2D eigenvalue weighted by molar-refractivity contribution is 0.414. The van der Waals surface area contributed by atoms with Crippen molar-refractivity contribution in [2.45, 2.75) is 13.8 Å². The molecule has 1 N–H and O–H groups in total. The monoisotopic (exact) mass is 248 g/mol. The van der Waals surface area contributed by atoms with Gasteiger partial charge in [0.15, 0.2) is 0 Å². The van der Waals surface area contributed by atoms with Gasteiger partial charge in [-0.15, -0.1) is 0 Å². The molecule has 0 aromatic heterocycles. The van der Waals surface area contributed by atoms with Crippen LogP contribution in [0.25, 0.3) is 0 Å². The Morgan fingerprint density at radius 3 is 2.83 bits per heavy atom. The molecule has 0 bridgehead atoms. The van der Waals surface area contributed by atoms with Gasteiger partial charge in [0.2, 0.25) is 0 Å². The molecule has 0 saturated carbocycles. The molecule has 0 aliphatic carbocycles. The Labute approximate surface area is 110 Å². The zero-order valence-electron chi connectivity index (χ0n) is 11.9. The number of nitrogens with zero attached hydrogens (tertiary/aromatic N) is 1. The molecule has 1 fully saturated rings. The summed E-state index contributed by atoms with van der Waals surface area (Å²) in [4.78, 5) is 2.49. The molecule has 100 valence electrons. The number of ether oxygens (including phenoxy) is 1. The molecule has 2 rings (SSSR count). The van der Waals surface area contributed by atoms with Crippen molar-refractivity contribution in [3.8, 4) is 5.75 Å². The summed E-state index contributed by atoms with van der Waals surface area (Å²) < 4.78 is 5.33. The molecular weight excluding hydrogens is 224 g/mol. The summed E-state index contributed by atoms with van der Waals surface area (Å²) in [5, 5.41) is 3.30. The summed E-state index contributed by atoms with van der Waals surface area (Å²) in [7, 11) is 3.76. The van der Waals surface area contributed by atoms with Crippen molar-refractivity contribution in [3.05, 3.63) is 23.8 Å². The topological polar surface area (TPSA) is 24.5 Å². The van der Waals surface area contributed by atoms with Crippen LogP contribution in [-0.2, 0) is 0 Å². The second kappa shape index (κ2) is 5.61. The van der Waals surface area contributed by atoms with Crippen LogP contribution in [0.5, 0.6) is 5.75 Å². The highest BCUT2D eigenvalue weighted by atomic mass is 16.5. The summed E-state index contributed by atoms with van der Waals surface area (Å²) >= 11 is 0. The lowest BCUT2D eigenvalue weighted by atomic mass is 9.98. The van der Waals surface area contributed by atoms with Crippen LogP contribution in [0.2, 0.25) is 0 Å². The van der Waals surface area contributed by atoms with Crippen LogP contribution in [-0.4, -0.2) is 33.8 Å². The van der Waals surface area contributed by atoms with Gasteiger partial charge in [-0.3, -0.25) is 0 Å². The molecule has 0 radical (unpaired) electrons. The quantitative estimate of drug-likeness (QED) is 0.885. The molecule has 1 saturated heterocycles. The largest absolute Gasteiger partial charge is 0.497 e. The third-order valence-electron chi connectivity index (χ3n) is 3.99. The van der Waals surface area contributed by atoms with Crippen LogP contribution in [0.4, 0.5) is 5.69 Å². The molecule has 1 aromatic carbocycles. The summed E-state index contributed by atoms with van der Waals surface area (Å²) in [6.45, 7) is 7.89. The van der Waals surface area contributed by atoms with E-state index in [4.69, 9.17) is 4.74 Å². The van der Waals surface area contributed by atoms with Gasteiger partial charge >= 0.3 is 0 Å². The minimum Gasteiger partial charge on any atom is -0.497 e. The van der Waals surface area contributed by atoms with Crippen molar-refractivity contribution in [1.29, 1.82) is 0 Å². The van der Waals surface area contributed by atoms with E-state index >= 15 is 0 Å². The minimum atomic E-state index is 0.737. The number of nitrogens with one attached hydrogen (secondary N) is 1. The van der Waals surface area contributed by atoms with E-state index in [2.05, 4.69) is 36.2 Å². The van der Waals surface area contributed by atoms with Crippen molar-refractivity contribution in [3.63, 3.8) is 0 Å². The maximum Gasteiger partial charge on any atom is 0.120 e. The van der Waals surface area contributed by atoms with Crippen LogP contribution in [0.15, 0.2) is 18.2 Å². The van der Waals surface area contributed by atoms with E-state index in [0.717, 1.165) is 37.2 Å². The van der Waals surface area contributed by atoms with E-state index in [1.165, 1.54) is 11.3 Å². The van der Waals surface area contributed by atoms with Crippen molar-refractivity contribution >= 4 is 5.69 Å². The predicted octanol–water partition coefficient (Wildman–Crippen LogP) is 2.30. The Hall–Kier alpha value is -1.22. The highest BCUT2D eigenvalue weighted by Gasteiger charge is 2.29. The molecule has 0 amide bonds. The number of methoxy groups -OCH3 is 1. The Balaban J connectivity index is 2.17. The third kappa shape index (κ3) is 2.61. The van der Waals surface area contributed by atoms with E-state index in [1.807, 2.05) is 13.1 Å². The number of hydrogen-bond acceptors (Lipinski definition) is 3. The van der Waals surface area contributed by atoms with Gasteiger partial charge in [-0.2, -0.15) is 0 Å². The first kappa shape index (κ1) is 13.2. The number of rotatable bonds is 4. The van der Waals surface area contributed by atoms with Crippen molar-refractivity contribution in [1.82, 2.24) is 5.32 Å². The maximum absolute atomic E-state index is 5.33. The van der Waals surface area contributed by atoms with E-state index < -0.39 is 0 Å². The average molecular weight is 248 g/mol. The third-order valence-corrected chi connectivity index (χ3v) is 3.99. The summed E-state index contributed by atoms with van der Waals surface area (Å²) in [6, 6.07) is 6.33. The Morgan fingerprint density at radius 1 is 1.39 bits per heavy atom. The van der Waals surface area contributed by atoms with Gasteiger partial charge in [0.05, 0.1) is 7.11 Å². The van der Waals surface area contributed by atoms with Gasteiger partial charge in [0.25, 0.3) is 0 Å². The van der Waals surface area contributed by atoms with Crippen LogP contribution in [0.3, 0.4) is 0 Å². The average Bonchev–Trinajstić information content (AvgIpc) is 2.72. The number of benzene rings is 1. The fourth-order valence-corrected chi connectivity index (χ4v) is 2.82. The molecule has 3 heteroatoms. The first-order chi connectivity index (χ1) is 8.65. The molecule has 1 aliphatic heterocycles. The Bertz CT molecular complexity index is 405. The van der Waals surface area contributed by atoms with E-state index in [1.54, 1.807) is 7.11 Å². The molecule has 1 heterocycles. The summed E-state index contributed by atoms with van der Waals surface area (Å²) in [6.07, 6.45) is 0. The fourth-order valence-electron chi connectivity index (χ4n) is 2.82. The second-order valence-corrected chi connectivity index (χ2v) is 5.35. The van der Waals surface area contributed by atoms with E-state index in [-0.39, 0.29) is 0 Å². The molecule has 0 spiro atoms. The molecule has 1 aromatic rings. The summed E-state index contributed by atoms with van der Waals surface area (Å²) in [5.74, 6) is 2.42. The van der Waals surface area contributed by atoms with Gasteiger partial charge in [-0.25, -0.2) is 0 Å². The highest BCUT2D eigenvalue weighted by molar-refractivity contribution is 5.57. The first-order valence-electron chi connectivity index (χ1n) is 6.70. The molecular formula is C15H24N2O. The Morgan fingerprint density at radius 2 is 2.17 bits per heavy atom. The van der Waals surface area contributed by atoms with Crippen LogP contribution < -0.4 is 15.0 Å². The normalized spacial score (nSPS) is 23.4. The molecule has 1 aliphatic rings. The van der Waals surface area contributed by atoms with Crippen LogP contribution >= 0.6 is 0 Å². The van der Waals surface area contributed by atoms with Gasteiger partial charge in [0.1, 0.15) is 5.75 Å². The van der Waals surface area contributed by atoms with Crippen molar-refractivity contribution in [2.24, 2.45) is 11.8 Å². The predicted molar refractivity (Wildman–Crippen MR) is 76.5 cm³/mol. The standard InChI is InChI=1S/C15H24N2O/c1-11-5-6-14(18-4)7-15(11)17-9-12(2)13(10-17)8-16-3/h5-7,12-13,16H,8-10H2,1-4H3. The van der Waals surface area contributed by atoms with Gasteiger partial charge in [-0.1, -0.05) is 13.0 Å². The SMILES string of the molecule is CNCC1CN(c2cc(OC)ccc2C)CC1C. The first-order valence-corrected chi connectivity index (χ1v) is 6.70. The fraction of sp³-hybridized carbons (Fsp3) is 0.600. The van der Waals surface area contributed by atoms with Gasteiger partial charge in [-0.05, 0) is 44.0 Å². The van der Waals surface area contributed by atoms with Gasteiger partial charge in [0, 0.05) is 24.8 Å². The minimum absolute atomic E-state index is 0.737. The summed E-state index contributed by atoms with van der Waals surface area (Å²) in [5.41, 5.74) is 2.65. The van der Waals surface area contributed by atoms with Crippen LogP contribution in [0, 0.1) is 18.8 Å². The second-order valence-electron chi connectivity index (χ2n) is 5.35. The van der Waals surface area contributed by atoms with Crippen molar-refractivity contribution < 1.29 is 4.74 Å². The number of anilines is 1. The maximum atomic E-state index is 5.33. The smallest absolute Gasteiger partial charge is 0.120 e. The number of hydrogen-bond donors (Lipinski definition) is 1. The lowest BCUT2D eigenvalue weighted by Gasteiger charge is -2.21. The Kier molecular flexibility index (Phi) is 4.12. The van der Waals surface area contributed by atoms with E-state index in [0.29, 0.717) is 0 Å². The zero-order valence-corrected chi connectivity index (χ0v) is 11.9. The lowest BCUT2D eigenvalue weighted by Crippen LogP contribution is -2.25.